The van der Waals surface area contributed by atoms with Crippen LogP contribution in [0.5, 0.6) is 11.5 Å². The van der Waals surface area contributed by atoms with Gasteiger partial charge in [0.15, 0.2) is 11.5 Å². The van der Waals surface area contributed by atoms with Gasteiger partial charge >= 0.3 is 33.9 Å². The third-order valence-electron chi connectivity index (χ3n) is 4.17. The maximum Gasteiger partial charge on any atom is 0 e. The zero-order valence-electron chi connectivity index (χ0n) is 17.3. The second-order valence-electron chi connectivity index (χ2n) is 5.70. The van der Waals surface area contributed by atoms with Gasteiger partial charge in [-0.1, -0.05) is 36.4 Å². The second-order valence-corrected chi connectivity index (χ2v) is 5.70. The van der Waals surface area contributed by atoms with Crippen LogP contribution in [0.2, 0.25) is 0 Å². The first-order chi connectivity index (χ1) is 14.1. The van der Waals surface area contributed by atoms with Crippen molar-refractivity contribution < 1.29 is 45.9 Å². The minimum Gasteiger partial charge on any atom is 0 e. The Morgan fingerprint density at radius 2 is 1.40 bits per heavy atom. The molecule has 0 saturated heterocycles. The van der Waals surface area contributed by atoms with E-state index in [2.05, 4.69) is 24.9 Å². The van der Waals surface area contributed by atoms with Gasteiger partial charge in [-0.25, -0.2) is 0 Å². The van der Waals surface area contributed by atoms with E-state index in [1.165, 1.54) is 0 Å². The fourth-order valence-corrected chi connectivity index (χ4v) is 2.58. The minimum absolute atomic E-state index is 0. The van der Waals surface area contributed by atoms with Crippen molar-refractivity contribution in [1.29, 1.82) is 0 Å². The Kier molecular flexibility index (Phi) is 21.6. The molecule has 2 rings (SSSR count). The number of rotatable bonds is 7. The van der Waals surface area contributed by atoms with Gasteiger partial charge in [0, 0.05) is 29.9 Å². The third kappa shape index (κ3) is 10.5. The maximum atomic E-state index is 10.5. The van der Waals surface area contributed by atoms with E-state index in [0.717, 1.165) is 22.6 Å². The Hall–Kier alpha value is -2.29. The van der Waals surface area contributed by atoms with E-state index in [0.29, 0.717) is 6.54 Å². The zero-order chi connectivity index (χ0) is 22.8. The van der Waals surface area contributed by atoms with Crippen LogP contribution in [-0.4, -0.2) is 37.3 Å². The number of hydrogen-bond acceptors (Lipinski definition) is 4. The molecule has 2 aromatic carbocycles. The number of ether oxygens (including phenoxy) is 2. The molecule has 2 atom stereocenters. The van der Waals surface area contributed by atoms with E-state index in [-0.39, 0.29) is 23.4 Å². The molecule has 160 valence electrons. The second kappa shape index (κ2) is 20.0. The summed E-state index contributed by atoms with van der Waals surface area (Å²) >= 11 is 0. The molecule has 1 N–H and O–H groups in total. The first-order valence-electron chi connectivity index (χ1n) is 8.32. The van der Waals surface area contributed by atoms with E-state index < -0.39 is 6.10 Å². The molecule has 2 aromatic rings. The van der Waals surface area contributed by atoms with Crippen LogP contribution < -0.4 is 9.47 Å². The Balaban J connectivity index is -0.000000955. The summed E-state index contributed by atoms with van der Waals surface area (Å²) < 4.78 is 33.1. The largest absolute Gasteiger partial charge is 0 e. The zero-order valence-corrected chi connectivity index (χ0v) is 18.6. The van der Waals surface area contributed by atoms with E-state index in [4.69, 9.17) is 23.4 Å². The van der Waals surface area contributed by atoms with Gasteiger partial charge in [-0.2, -0.15) is 0 Å². The predicted octanol–water partition coefficient (Wildman–Crippen LogP) is 3.14. The molecule has 0 aromatic heterocycles. The molecule has 7 nitrogen and oxygen atoms in total. The van der Waals surface area contributed by atoms with E-state index in [1.54, 1.807) is 14.2 Å². The molecule has 0 heterocycles. The molecular formula is C22H25CrNO6. The van der Waals surface area contributed by atoms with Crippen LogP contribution in [0.4, 0.5) is 0 Å². The fourth-order valence-electron chi connectivity index (χ4n) is 2.58. The molecule has 0 aliphatic heterocycles. The number of benzene rings is 2. The first kappa shape index (κ1) is 32.4. The van der Waals surface area contributed by atoms with Crippen molar-refractivity contribution in [3.05, 3.63) is 79.6 Å². The van der Waals surface area contributed by atoms with Crippen molar-refractivity contribution in [3.8, 4) is 11.5 Å². The number of likely N-dealkylation sites (N-methyl/N-ethyl adjacent to an activating group) is 1. The first-order valence-corrected chi connectivity index (χ1v) is 8.32. The topological polar surface area (TPSA) is 102 Å². The monoisotopic (exact) mass is 451 g/mol. The van der Waals surface area contributed by atoms with Crippen molar-refractivity contribution in [1.82, 2.24) is 4.90 Å². The average Bonchev–Trinajstić information content (AvgIpc) is 2.82. The summed E-state index contributed by atoms with van der Waals surface area (Å²) in [5.74, 6) is 1.44. The van der Waals surface area contributed by atoms with Gasteiger partial charge in [-0.15, -0.1) is 0 Å². The summed E-state index contributed by atoms with van der Waals surface area (Å²) in [5.41, 5.74) is 2.04. The molecule has 0 bridgehead atoms. The van der Waals surface area contributed by atoms with E-state index in [1.807, 2.05) is 62.5 Å². The smallest absolute Gasteiger partial charge is 0 e. The summed E-state index contributed by atoms with van der Waals surface area (Å²) in [6.45, 7) is 16.2. The molecular weight excluding hydrogens is 426 g/mol. The van der Waals surface area contributed by atoms with Gasteiger partial charge < -0.3 is 14.6 Å². The van der Waals surface area contributed by atoms with Crippen LogP contribution in [0.25, 0.3) is 0 Å². The van der Waals surface area contributed by atoms with Crippen molar-refractivity contribution in [2.45, 2.75) is 25.6 Å². The van der Waals surface area contributed by atoms with Gasteiger partial charge in [0.1, 0.15) is 0 Å². The van der Waals surface area contributed by atoms with Crippen LogP contribution in [0.15, 0.2) is 48.5 Å². The molecule has 0 aliphatic carbocycles. The molecule has 0 amide bonds. The van der Waals surface area contributed by atoms with Gasteiger partial charge in [0.25, 0.3) is 0 Å². The molecule has 0 radical (unpaired) electrons. The predicted molar refractivity (Wildman–Crippen MR) is 104 cm³/mol. The summed E-state index contributed by atoms with van der Waals surface area (Å²) in [6.07, 6.45) is -0.527. The molecule has 8 heteroatoms. The van der Waals surface area contributed by atoms with Gasteiger partial charge in [-0.05, 0) is 37.2 Å². The Morgan fingerprint density at radius 1 is 0.900 bits per heavy atom. The van der Waals surface area contributed by atoms with Crippen molar-refractivity contribution in [2.75, 3.05) is 21.3 Å². The number of aliphatic hydroxyl groups is 1. The standard InChI is InChI=1S/C19H25NO3.3CO.Cr/c1-14(19(21)16-8-6-5-7-9-16)20(2)13-15-10-11-17(22-3)18(12-15)23-4;3*1-2;/h5-12,14,19,21H,13H2,1-4H3;;;;/t14-,19-;;;;/m0..../s1. The van der Waals surface area contributed by atoms with Crippen LogP contribution in [0.3, 0.4) is 0 Å². The molecule has 0 unspecified atom stereocenters. The quantitative estimate of drug-likeness (QED) is 0.516. The third-order valence-corrected chi connectivity index (χ3v) is 4.17. The van der Waals surface area contributed by atoms with Gasteiger partial charge in [0.2, 0.25) is 0 Å². The average molecular weight is 451 g/mol. The summed E-state index contributed by atoms with van der Waals surface area (Å²) in [5, 5.41) is 10.5. The number of hydrogen-bond donors (Lipinski definition) is 1. The van der Waals surface area contributed by atoms with Crippen LogP contribution >= 0.6 is 0 Å². The van der Waals surface area contributed by atoms with Crippen LogP contribution in [0.1, 0.15) is 24.2 Å². The minimum atomic E-state index is -0.527. The van der Waals surface area contributed by atoms with Crippen molar-refractivity contribution in [2.24, 2.45) is 0 Å². The Morgan fingerprint density at radius 3 is 1.87 bits per heavy atom. The maximum absolute atomic E-state index is 10.5. The molecule has 0 saturated carbocycles. The summed E-state index contributed by atoms with van der Waals surface area (Å²) in [6, 6.07) is 15.6. The number of nitrogens with zero attached hydrogens (tertiary/aromatic N) is 1. The van der Waals surface area contributed by atoms with E-state index in [9.17, 15) is 5.11 Å². The van der Waals surface area contributed by atoms with Gasteiger partial charge in [-0.3, -0.25) is 4.90 Å². The van der Waals surface area contributed by atoms with Crippen LogP contribution in [0, 0.1) is 20.0 Å². The Bertz CT molecular complexity index is 734. The van der Waals surface area contributed by atoms with Crippen molar-refractivity contribution >= 4 is 0 Å². The number of aliphatic hydroxyl groups excluding tert-OH is 1. The van der Waals surface area contributed by atoms with Crippen LogP contribution in [-0.2, 0) is 37.9 Å². The van der Waals surface area contributed by atoms with Crippen molar-refractivity contribution in [3.63, 3.8) is 0 Å². The SMILES string of the molecule is COc1ccc(CN(C)[C@@H](C)[C@H](O)c2ccccc2)cc1OC.[C-]#[O+].[C-]#[O+].[C-]#[O+].[Cr]. The number of methoxy groups -OCH3 is 2. The molecule has 0 fully saturated rings. The normalized spacial score (nSPS) is 10.7. The molecule has 30 heavy (non-hydrogen) atoms. The molecule has 0 aliphatic rings. The summed E-state index contributed by atoms with van der Waals surface area (Å²) in [4.78, 5) is 2.12. The fraction of sp³-hybridized carbons (Fsp3) is 0.318. The Labute approximate surface area is 188 Å². The van der Waals surface area contributed by atoms with E-state index >= 15 is 0 Å². The summed E-state index contributed by atoms with van der Waals surface area (Å²) in [7, 11) is 5.27. The molecule has 0 spiro atoms. The van der Waals surface area contributed by atoms with Gasteiger partial charge in [0.05, 0.1) is 20.3 Å².